The molecule has 13 atom stereocenters. The van der Waals surface area contributed by atoms with Crippen molar-refractivity contribution in [3.63, 3.8) is 0 Å². The summed E-state index contributed by atoms with van der Waals surface area (Å²) in [6.07, 6.45) is 18.2. The number of rotatable bonds is 36. The van der Waals surface area contributed by atoms with E-state index in [0.29, 0.717) is 136 Å². The Morgan fingerprint density at radius 3 is 1.06 bits per heavy atom. The highest BCUT2D eigenvalue weighted by Gasteiger charge is 2.56. The van der Waals surface area contributed by atoms with E-state index in [2.05, 4.69) is 108 Å². The number of nitrogens with one attached hydrogen (secondary N) is 9. The number of piperidine rings is 6. The summed E-state index contributed by atoms with van der Waals surface area (Å²) in [5.74, 6) is -2.80. The first-order valence-corrected chi connectivity index (χ1v) is 51.3. The number of aromatic amines is 3. The van der Waals surface area contributed by atoms with E-state index in [0.717, 1.165) is 21.9 Å². The van der Waals surface area contributed by atoms with Gasteiger partial charge < -0.3 is 48.5 Å². The first-order chi connectivity index (χ1) is 68.9. The fourth-order valence-corrected chi connectivity index (χ4v) is 19.1. The number of carbonyl (C=O) groups excluding carboxylic acids is 12. The fourth-order valence-electron chi connectivity index (χ4n) is 16.8. The smallest absolute Gasteiger partial charge is 0.364 e. The maximum atomic E-state index is 12.3. The zero-order chi connectivity index (χ0) is 106. The summed E-state index contributed by atoms with van der Waals surface area (Å²) in [6.45, 7) is 2.71. The molecule has 146 heavy (non-hydrogen) atoms. The van der Waals surface area contributed by atoms with Gasteiger partial charge in [0.15, 0.2) is 5.82 Å². The van der Waals surface area contributed by atoms with E-state index in [1.165, 1.54) is 51.0 Å². The number of aromatic nitrogens is 9. The molecule has 71 nitrogen and oxygen atoms in total. The summed E-state index contributed by atoms with van der Waals surface area (Å²) in [5.41, 5.74) is 16.9. The van der Waals surface area contributed by atoms with Crippen molar-refractivity contribution in [2.75, 3.05) is 45.9 Å². The molecular formula is C69H94N28O43S6. The fraction of sp³-hybridized carbons (Fsp3) is 0.565. The molecule has 1 unspecified atom stereocenters. The minimum Gasteiger partial charge on any atom is -0.364 e. The lowest BCUT2D eigenvalue weighted by atomic mass is 10.0. The molecule has 18 amide bonds. The van der Waals surface area contributed by atoms with Gasteiger partial charge in [-0.15, -0.1) is 25.7 Å². The lowest BCUT2D eigenvalue weighted by Crippen LogP contribution is -2.49. The largest absolute Gasteiger partial charge is 0.418 e. The van der Waals surface area contributed by atoms with Crippen molar-refractivity contribution in [2.45, 2.75) is 195 Å². The van der Waals surface area contributed by atoms with Crippen molar-refractivity contribution in [1.82, 2.24) is 138 Å². The summed E-state index contributed by atoms with van der Waals surface area (Å²) >= 11 is 0. The van der Waals surface area contributed by atoms with Gasteiger partial charge in [-0.1, -0.05) is 11.2 Å². The molecule has 5 aromatic rings. The summed E-state index contributed by atoms with van der Waals surface area (Å²) in [7, 11) is -27.0. The van der Waals surface area contributed by atoms with Crippen molar-refractivity contribution >= 4 is 140 Å². The summed E-state index contributed by atoms with van der Waals surface area (Å²) in [5, 5.41) is 13.2. The van der Waals surface area contributed by atoms with E-state index >= 15 is 0 Å². The number of nitrogens with zero attached hydrogens (tertiary/aromatic N) is 19. The van der Waals surface area contributed by atoms with Gasteiger partial charge in [-0.3, -0.25) is 95.2 Å². The van der Waals surface area contributed by atoms with Gasteiger partial charge in [0, 0.05) is 76.9 Å². The number of hydrogen-bond donors (Lipinski definition) is 15. The Labute approximate surface area is 824 Å². The number of urea groups is 6. The summed E-state index contributed by atoms with van der Waals surface area (Å²) in [6, 6.07) is -7.77. The molecule has 0 spiro atoms. The average molecular weight is 2200 g/mol. The molecular weight excluding hydrogens is 2100 g/mol. The van der Waals surface area contributed by atoms with Crippen LogP contribution in [0.3, 0.4) is 0 Å². The Morgan fingerprint density at radius 1 is 0.432 bits per heavy atom. The summed E-state index contributed by atoms with van der Waals surface area (Å²) in [4.78, 5) is 205. The summed E-state index contributed by atoms with van der Waals surface area (Å²) < 4.78 is 214. The molecule has 804 valence electrons. The van der Waals surface area contributed by atoms with Gasteiger partial charge in [0.05, 0.1) is 78.4 Å². The quantitative estimate of drug-likeness (QED) is 0.0132. The van der Waals surface area contributed by atoms with E-state index in [4.69, 9.17) is 56.3 Å². The minimum absolute atomic E-state index is 0.0104. The molecule has 12 fully saturated rings. The van der Waals surface area contributed by atoms with Gasteiger partial charge in [-0.2, -0.15) is 86.0 Å². The number of hydroxylamine groups is 18. The lowest BCUT2D eigenvalue weighted by molar-refractivity contribution is -0.143. The highest BCUT2D eigenvalue weighted by molar-refractivity contribution is 7.82. The number of aryl methyl sites for hydroxylation is 1. The van der Waals surface area contributed by atoms with Crippen LogP contribution in [0.5, 0.6) is 0 Å². The van der Waals surface area contributed by atoms with Crippen molar-refractivity contribution in [3.8, 4) is 0 Å². The lowest BCUT2D eigenvalue weighted by Gasteiger charge is -2.29. The molecule has 15 N–H and O–H groups in total. The van der Waals surface area contributed by atoms with Gasteiger partial charge in [-0.05, 0) is 96.1 Å². The number of fused-ring (bicyclic) bond motifs is 12. The number of amides is 18. The van der Waals surface area contributed by atoms with Crippen LogP contribution in [0.4, 0.5) is 28.8 Å². The molecule has 77 heteroatoms. The molecule has 18 heterocycles. The van der Waals surface area contributed by atoms with Crippen LogP contribution in [-0.2, 0) is 179 Å². The molecule has 0 saturated carbocycles. The van der Waals surface area contributed by atoms with Crippen molar-refractivity contribution < 1.29 is 195 Å². The Balaban J connectivity index is 0.000000147. The Morgan fingerprint density at radius 2 is 0.767 bits per heavy atom. The zero-order valence-electron chi connectivity index (χ0n) is 75.6. The minimum atomic E-state index is -4.82. The van der Waals surface area contributed by atoms with Crippen LogP contribution in [0, 0.1) is 0 Å². The second-order valence-corrected chi connectivity index (χ2v) is 38.9. The van der Waals surface area contributed by atoms with Crippen LogP contribution in [0.2, 0.25) is 0 Å². The predicted molar refractivity (Wildman–Crippen MR) is 460 cm³/mol. The molecule has 0 aromatic carbocycles. The average Bonchev–Trinajstić information content (AvgIpc) is 1.65. The van der Waals surface area contributed by atoms with Crippen LogP contribution in [0.25, 0.3) is 0 Å². The third-order valence-electron chi connectivity index (χ3n) is 23.3. The standard InChI is InChI=1S/C13H18N4O7S.C12H17N5O7S.C12H16N4O7S.C11H15N5O7S.C11H14N4O8S.C10H14N6O7S/c1-15-6-2-3-10(15)8-23-14-12(18)11-5-4-9-7-16(11)13(19)17(9)24-25(20,21)22;1-7(9-4-13-6-14-9)23-15-11(18)10-3-2-8-5-16(10)12(19)17(8)24-25(20,21)22;17-11(14-22-7-8-2-1-5-13-8)10-4-3-9-6-15(10)12(18)16(9)23-24(19,20)21;17-10(14-22-5-7-3-12-6-13-7)9-2-1-8-4-15(9)11(18)16(8)23-24(19,20)21;16-10(13-22-6-7-3-4-21-12-7)9-2-1-8-5-14(9)11(17)15(8)23-24(18,19)20;17-9(14-22-4-8-11-5-12-13-8)7-2-1-6-3-15(7)10(18)16(6)23-24(19,20)21/h2-3,6,9,11H,4-5,7-8H2,1H3,(H,14,18)(H,20,21,22);4,6-8,10H,2-3,5H2,1H3,(H,13,14)(H,15,18)(H,20,21,22);2,5,9-10H,1,3-4,6-7H2,(H,14,17)(H,19,20,21);3,6,8-9H,1-2,4-5H2,(H,12,13)(H,14,17)(H,19,20,21);3-4,8-9H,1-2,5-6H2,(H,13,16)(H,18,19,20);5-7H,1-4H2,(H,14,17)(H,11,12,13)(H,19,20,21)/t9-,11+;7?,8-,10+;9-,10+;2*8-,9+;6-,7+/m111111/s1. The molecule has 13 aliphatic rings. The van der Waals surface area contributed by atoms with Crippen LogP contribution in [0.1, 0.15) is 125 Å². The third kappa shape index (κ3) is 29.2. The number of carbonyl (C=O) groups is 12. The van der Waals surface area contributed by atoms with Crippen molar-refractivity contribution in [2.24, 2.45) is 12.0 Å². The third-order valence-corrected chi connectivity index (χ3v) is 25.4. The van der Waals surface area contributed by atoms with Gasteiger partial charge in [-0.25, -0.2) is 76.6 Å². The zero-order valence-corrected chi connectivity index (χ0v) is 80.5. The predicted octanol–water partition coefficient (Wildman–Crippen LogP) is -4.97. The molecule has 0 radical (unpaired) electrons. The van der Waals surface area contributed by atoms with Crippen LogP contribution in [0.15, 0.2) is 83.3 Å². The molecule has 13 aliphatic heterocycles. The second-order valence-electron chi connectivity index (χ2n) is 32.9. The van der Waals surface area contributed by atoms with Crippen molar-refractivity contribution in [1.29, 1.82) is 0 Å². The highest BCUT2D eigenvalue weighted by atomic mass is 32.3. The highest BCUT2D eigenvalue weighted by Crippen LogP contribution is 2.38. The van der Waals surface area contributed by atoms with Gasteiger partial charge in [0.1, 0.15) is 93.7 Å². The number of allylic oxidation sites excluding steroid dienone is 1. The molecule has 5 aromatic heterocycles. The Bertz CT molecular complexity index is 6040. The first-order valence-electron chi connectivity index (χ1n) is 43.1. The van der Waals surface area contributed by atoms with E-state index in [-0.39, 0.29) is 72.3 Å². The number of aliphatic imine (C=N–C) groups is 1. The van der Waals surface area contributed by atoms with Crippen LogP contribution in [-0.4, -0.2) is 379 Å². The van der Waals surface area contributed by atoms with E-state index in [1.54, 1.807) is 25.4 Å². The Kier molecular flexibility index (Phi) is 35.6. The monoisotopic (exact) mass is 2190 g/mol. The number of hydrogen-bond acceptors (Lipinski definition) is 43. The van der Waals surface area contributed by atoms with Crippen LogP contribution >= 0.6 is 0 Å². The molecule has 12 saturated heterocycles. The van der Waals surface area contributed by atoms with E-state index in [1.807, 2.05) is 36.0 Å². The van der Waals surface area contributed by atoms with Gasteiger partial charge in [0.2, 0.25) is 0 Å². The topological polar surface area (TPSA) is 895 Å². The van der Waals surface area contributed by atoms with Gasteiger partial charge in [0.25, 0.3) is 35.4 Å². The maximum Gasteiger partial charge on any atom is 0.418 e. The van der Waals surface area contributed by atoms with Crippen LogP contribution < -0.4 is 32.9 Å². The number of H-pyrrole nitrogens is 3. The number of imidazole rings is 2. The molecule has 18 rings (SSSR count). The molecule has 12 bridgehead atoms. The first kappa shape index (κ1) is 110. The Hall–Kier alpha value is -13.1. The SMILES string of the molecule is CC(ONC(=O)[C@@H]1CC[C@@H]2CN1C(=O)N2OS(=O)(=O)O)c1cnc[nH]1.Cn1cccc1CONC(=O)[C@@H]1CC[C@@H]2CN1C(=O)N2OS(=O)(=O)O.O=C(NOCC1=CCC=N1)[C@@H]1CC[C@@H]2CN1C(=O)N2OS(=O)(=O)O.O=C(NOCc1ccon1)[C@@H]1CC[C@@H]2CN1C(=O)N2OS(=O)(=O)O.O=C(NOCc1cnc[nH]1)[C@@H]1CC[C@@H]2CN1C(=O)N2OS(=O)(=O)O.O=C(NOCc1ncn[nH]1)[C@@H]1CC[C@@H]2CN1C(=O)N2OS(=O)(=O)O. The second kappa shape index (κ2) is 47.2. The van der Waals surface area contributed by atoms with Crippen molar-refractivity contribution in [3.05, 3.63) is 102 Å². The molecule has 0 aliphatic carbocycles. The maximum absolute atomic E-state index is 12.3. The van der Waals surface area contributed by atoms with E-state index in [9.17, 15) is 108 Å². The normalized spacial score (nSPS) is 24.1. The van der Waals surface area contributed by atoms with Gasteiger partial charge >= 0.3 is 98.6 Å². The van der Waals surface area contributed by atoms with E-state index < -0.39 is 213 Å².